The number of nitrogens with zero attached hydrogens (tertiary/aromatic N) is 2. The molecular weight excluding hydrogens is 738 g/mol. The third kappa shape index (κ3) is 9.55. The first kappa shape index (κ1) is 43.4. The molecule has 15 heteroatoms. The zero-order valence-electron chi connectivity index (χ0n) is 33.2. The molecule has 0 aromatic heterocycles. The van der Waals surface area contributed by atoms with E-state index in [4.69, 9.17) is 35.3 Å². The van der Waals surface area contributed by atoms with Crippen molar-refractivity contribution in [3.05, 3.63) is 46.5 Å². The van der Waals surface area contributed by atoms with Crippen molar-refractivity contribution < 1.29 is 48.0 Å². The van der Waals surface area contributed by atoms with E-state index >= 15 is 0 Å². The molecule has 4 bridgehead atoms. The molecule has 4 rings (SSSR count). The summed E-state index contributed by atoms with van der Waals surface area (Å²) in [5.41, 5.74) is -1.97. The molecule has 300 valence electrons. The van der Waals surface area contributed by atoms with Crippen LogP contribution in [0, 0.1) is 5.41 Å². The Morgan fingerprint density at radius 2 is 1.89 bits per heavy atom. The number of carbonyl (C=O) groups excluding carboxylic acids is 4. The SMILES string of the molecule is COc1cc2cc(c1Cl)N(C)C(=O)C[C@H](OC(=O)[C@H](C)N(C)C(=O)CCC(C)(C)S)[C@]1(C)O[C@H]1C(C)(C)[C@@H]1C[C@@](O)(NC(=O)O1)[C@H](OC)/C=C\C=C(\C)C2. The number of fused-ring (bicyclic) bond motifs is 5. The lowest BCUT2D eigenvalue weighted by atomic mass is 9.73. The number of alkyl carbamates (subject to hydrolysis) is 1. The summed E-state index contributed by atoms with van der Waals surface area (Å²) in [5, 5.41) is 14.6. The van der Waals surface area contributed by atoms with Crippen molar-refractivity contribution in [2.24, 2.45) is 5.41 Å². The number of amides is 3. The number of ether oxygens (including phenoxy) is 5. The highest BCUT2D eigenvalue weighted by molar-refractivity contribution is 7.81. The third-order valence-corrected chi connectivity index (χ3v) is 11.4. The Hall–Kier alpha value is -3.30. The van der Waals surface area contributed by atoms with Crippen LogP contribution in [0.2, 0.25) is 5.02 Å². The molecule has 0 radical (unpaired) electrons. The molecule has 1 aromatic carbocycles. The van der Waals surface area contributed by atoms with Crippen LogP contribution in [0.25, 0.3) is 0 Å². The van der Waals surface area contributed by atoms with Crippen molar-refractivity contribution >= 4 is 53.8 Å². The number of esters is 1. The summed E-state index contributed by atoms with van der Waals surface area (Å²) >= 11 is 11.3. The molecule has 3 heterocycles. The molecule has 3 amide bonds. The van der Waals surface area contributed by atoms with Crippen LogP contribution in [0.1, 0.15) is 79.7 Å². The number of benzene rings is 1. The maximum Gasteiger partial charge on any atom is 0.409 e. The first-order valence-electron chi connectivity index (χ1n) is 18.0. The summed E-state index contributed by atoms with van der Waals surface area (Å²) in [6.45, 7) is 12.7. The minimum Gasteiger partial charge on any atom is -0.495 e. The van der Waals surface area contributed by atoms with Gasteiger partial charge in [-0.3, -0.25) is 14.9 Å². The Morgan fingerprint density at radius 3 is 2.50 bits per heavy atom. The minimum absolute atomic E-state index is 0.0729. The molecule has 54 heavy (non-hydrogen) atoms. The summed E-state index contributed by atoms with van der Waals surface area (Å²) < 4.78 is 29.1. The lowest BCUT2D eigenvalue weighted by Gasteiger charge is -2.45. The second-order valence-corrected chi connectivity index (χ2v) is 17.7. The molecule has 0 aliphatic carbocycles. The van der Waals surface area contributed by atoms with Crippen molar-refractivity contribution in [3.63, 3.8) is 0 Å². The van der Waals surface area contributed by atoms with Crippen molar-refractivity contribution in [1.29, 1.82) is 0 Å². The molecule has 3 aliphatic rings. The Labute approximate surface area is 329 Å². The number of aliphatic hydroxyl groups is 1. The number of rotatable bonds is 8. The van der Waals surface area contributed by atoms with Crippen LogP contribution in [0.5, 0.6) is 5.75 Å². The highest BCUT2D eigenvalue weighted by atomic mass is 35.5. The van der Waals surface area contributed by atoms with Gasteiger partial charge in [-0.15, -0.1) is 0 Å². The normalized spacial score (nSPS) is 30.8. The number of thiol groups is 1. The fourth-order valence-corrected chi connectivity index (χ4v) is 7.52. The van der Waals surface area contributed by atoms with Crippen LogP contribution >= 0.6 is 24.2 Å². The number of halogens is 1. The molecule has 2 fully saturated rings. The van der Waals surface area contributed by atoms with Gasteiger partial charge in [-0.25, -0.2) is 9.59 Å². The van der Waals surface area contributed by atoms with Gasteiger partial charge in [-0.05, 0) is 51.3 Å². The predicted octanol–water partition coefficient (Wildman–Crippen LogP) is 5.39. The number of anilines is 1. The van der Waals surface area contributed by atoms with E-state index in [-0.39, 0.29) is 34.9 Å². The van der Waals surface area contributed by atoms with E-state index in [0.29, 0.717) is 24.3 Å². The molecule has 7 atom stereocenters. The first-order valence-corrected chi connectivity index (χ1v) is 18.9. The average Bonchev–Trinajstić information content (AvgIpc) is 3.80. The van der Waals surface area contributed by atoms with E-state index < -0.39 is 65.2 Å². The molecule has 1 aromatic rings. The minimum atomic E-state index is -1.85. The molecule has 0 unspecified atom stereocenters. The van der Waals surface area contributed by atoms with E-state index in [2.05, 4.69) is 17.9 Å². The molecule has 0 spiro atoms. The Kier molecular flexibility index (Phi) is 13.2. The number of epoxide rings is 1. The maximum absolute atomic E-state index is 14.2. The highest BCUT2D eigenvalue weighted by Crippen LogP contribution is 2.54. The topological polar surface area (TPSA) is 156 Å². The fraction of sp³-hybridized carbons (Fsp3) is 0.641. The van der Waals surface area contributed by atoms with Crippen LogP contribution in [-0.2, 0) is 39.8 Å². The number of carbonyl (C=O) groups is 4. The van der Waals surface area contributed by atoms with Crippen LogP contribution in [0.15, 0.2) is 35.9 Å². The van der Waals surface area contributed by atoms with Crippen molar-refractivity contribution in [2.75, 3.05) is 33.2 Å². The van der Waals surface area contributed by atoms with Crippen LogP contribution in [-0.4, -0.2) is 109 Å². The van der Waals surface area contributed by atoms with Gasteiger partial charge in [0.25, 0.3) is 0 Å². The summed E-state index contributed by atoms with van der Waals surface area (Å²) in [7, 11) is 6.03. The molecule has 2 saturated heterocycles. The number of allylic oxidation sites excluding steroid dienone is 3. The molecule has 13 nitrogen and oxygen atoms in total. The van der Waals surface area contributed by atoms with Gasteiger partial charge < -0.3 is 38.6 Å². The smallest absolute Gasteiger partial charge is 0.409 e. The summed E-state index contributed by atoms with van der Waals surface area (Å²) in [5.74, 6) is -1.06. The van der Waals surface area contributed by atoms with E-state index in [1.165, 1.54) is 31.1 Å². The largest absolute Gasteiger partial charge is 0.495 e. The summed E-state index contributed by atoms with van der Waals surface area (Å²) in [6, 6.07) is 2.59. The number of hydrogen-bond donors (Lipinski definition) is 3. The first-order chi connectivity index (χ1) is 25.0. The highest BCUT2D eigenvalue weighted by Gasteiger charge is 2.68. The van der Waals surface area contributed by atoms with E-state index in [9.17, 15) is 24.3 Å². The van der Waals surface area contributed by atoms with E-state index in [1.54, 1.807) is 45.2 Å². The third-order valence-electron chi connectivity index (χ3n) is 10.8. The maximum atomic E-state index is 14.2. The van der Waals surface area contributed by atoms with Crippen LogP contribution in [0.4, 0.5) is 10.5 Å². The van der Waals surface area contributed by atoms with Gasteiger partial charge in [-0.1, -0.05) is 63.1 Å². The number of hydrogen-bond acceptors (Lipinski definition) is 11. The number of nitrogens with one attached hydrogen (secondary N) is 1. The lowest BCUT2D eigenvalue weighted by Crippen LogP contribution is -2.65. The second-order valence-electron chi connectivity index (χ2n) is 16.1. The standard InChI is InChI=1S/C39H56ClN3O10S/c1-22-13-12-14-27(50-11)39(48)21-29(52-35(47)41-39)37(5,6)34-38(7,53-34)28(51-33(46)23(2)42(8)30(44)15-16-36(3,4)54)20-31(45)43(9)25-18-24(17-22)19-26(49-10)32(25)40/h12-14,18-19,23,27-29,34,48,54H,15-17,20-21H2,1-11H3,(H,41,47)/b14-12-,22-13-/t23-,27+,28-,29-,34-,38-,39-/m0/s1. The molecular formula is C39H56ClN3O10S. The Morgan fingerprint density at radius 1 is 1.22 bits per heavy atom. The predicted molar refractivity (Wildman–Crippen MR) is 208 cm³/mol. The van der Waals surface area contributed by atoms with Gasteiger partial charge >= 0.3 is 12.1 Å². The Bertz CT molecular complexity index is 1680. The number of methoxy groups -OCH3 is 2. The van der Waals surface area contributed by atoms with Gasteiger partial charge in [-0.2, -0.15) is 12.6 Å². The lowest BCUT2D eigenvalue weighted by molar-refractivity contribution is -0.162. The van der Waals surface area contributed by atoms with Crippen LogP contribution in [0.3, 0.4) is 0 Å². The fourth-order valence-electron chi connectivity index (χ4n) is 7.10. The summed E-state index contributed by atoms with van der Waals surface area (Å²) in [6.07, 6.45) is 1.42. The van der Waals surface area contributed by atoms with Gasteiger partial charge in [0, 0.05) is 44.2 Å². The Balaban J connectivity index is 1.78. The van der Waals surface area contributed by atoms with Gasteiger partial charge in [0.15, 0.2) is 5.72 Å². The average molecular weight is 794 g/mol. The van der Waals surface area contributed by atoms with E-state index in [0.717, 1.165) is 11.1 Å². The van der Waals surface area contributed by atoms with Crippen LogP contribution < -0.4 is 15.0 Å². The zero-order valence-corrected chi connectivity index (χ0v) is 34.8. The van der Waals surface area contributed by atoms with Crippen molar-refractivity contribution in [3.8, 4) is 5.75 Å². The zero-order chi connectivity index (χ0) is 40.6. The van der Waals surface area contributed by atoms with E-state index in [1.807, 2.05) is 40.7 Å². The molecule has 3 aliphatic heterocycles. The van der Waals surface area contributed by atoms with Crippen molar-refractivity contribution in [1.82, 2.24) is 10.2 Å². The van der Waals surface area contributed by atoms with Gasteiger partial charge in [0.05, 0.1) is 25.3 Å². The summed E-state index contributed by atoms with van der Waals surface area (Å²) in [4.78, 5) is 56.8. The van der Waals surface area contributed by atoms with Gasteiger partial charge in [0.2, 0.25) is 11.8 Å². The molecule has 2 N–H and O–H groups in total. The molecule has 0 saturated carbocycles. The second kappa shape index (κ2) is 16.4. The quantitative estimate of drug-likeness (QED) is 0.177. The monoisotopic (exact) mass is 793 g/mol. The number of likely N-dealkylation sites (N-methyl/N-ethyl adjacent to an activating group) is 1. The van der Waals surface area contributed by atoms with Gasteiger partial charge in [0.1, 0.15) is 40.7 Å². The van der Waals surface area contributed by atoms with Crippen molar-refractivity contribution in [2.45, 2.75) is 127 Å².